The van der Waals surface area contributed by atoms with E-state index in [1.54, 1.807) is 0 Å². The minimum absolute atomic E-state index is 0.00696. The number of benzene rings is 1. The Balaban J connectivity index is 1.40. The molecule has 0 aliphatic carbocycles. The molecular formula is C21H24N4O. The number of likely N-dealkylation sites (tertiary alicyclic amines) is 1. The van der Waals surface area contributed by atoms with E-state index >= 15 is 0 Å². The lowest BCUT2D eigenvalue weighted by molar-refractivity contribution is -0.121. The maximum absolute atomic E-state index is 12.4. The van der Waals surface area contributed by atoms with E-state index in [4.69, 9.17) is 4.99 Å². The summed E-state index contributed by atoms with van der Waals surface area (Å²) in [6, 6.07) is 12.0. The molecule has 4 rings (SSSR count). The van der Waals surface area contributed by atoms with Crippen molar-refractivity contribution in [3.63, 3.8) is 0 Å². The molecule has 3 heterocycles. The van der Waals surface area contributed by atoms with E-state index in [1.807, 2.05) is 49.5 Å². The Morgan fingerprint density at radius 3 is 2.77 bits per heavy atom. The van der Waals surface area contributed by atoms with Gasteiger partial charge in [0.15, 0.2) is 0 Å². The average molecular weight is 348 g/mol. The molecule has 0 saturated carbocycles. The largest absolute Gasteiger partial charge is 0.356 e. The lowest BCUT2D eigenvalue weighted by Gasteiger charge is -2.18. The Hall–Kier alpha value is -2.69. The Kier molecular flexibility index (Phi) is 4.69. The molecule has 1 aromatic heterocycles. The van der Waals surface area contributed by atoms with Gasteiger partial charge in [0.1, 0.15) is 5.84 Å². The minimum Gasteiger partial charge on any atom is -0.356 e. The first-order chi connectivity index (χ1) is 12.7. The summed E-state index contributed by atoms with van der Waals surface area (Å²) in [4.78, 5) is 24.0. The highest BCUT2D eigenvalue weighted by atomic mass is 16.1. The van der Waals surface area contributed by atoms with Crippen LogP contribution in [0.5, 0.6) is 0 Å². The smallest absolute Gasteiger partial charge is 0.226 e. The van der Waals surface area contributed by atoms with Gasteiger partial charge in [-0.05, 0) is 37.0 Å². The number of pyridine rings is 1. The normalized spacial score (nSPS) is 17.0. The average Bonchev–Trinajstić information content (AvgIpc) is 3.31. The topological polar surface area (TPSA) is 57.6 Å². The molecule has 134 valence electrons. The summed E-state index contributed by atoms with van der Waals surface area (Å²) >= 11 is 0. The van der Waals surface area contributed by atoms with Gasteiger partial charge in [-0.2, -0.15) is 0 Å². The van der Waals surface area contributed by atoms with Crippen LogP contribution in [0.1, 0.15) is 48.2 Å². The summed E-state index contributed by atoms with van der Waals surface area (Å²) in [7, 11) is 0. The molecule has 1 amide bonds. The van der Waals surface area contributed by atoms with Gasteiger partial charge in [0.25, 0.3) is 0 Å². The minimum atomic E-state index is -0.0109. The van der Waals surface area contributed by atoms with Gasteiger partial charge in [-0.15, -0.1) is 0 Å². The first-order valence-electron chi connectivity index (χ1n) is 9.32. The Morgan fingerprint density at radius 2 is 2.00 bits per heavy atom. The van der Waals surface area contributed by atoms with Crippen molar-refractivity contribution in [2.75, 3.05) is 13.1 Å². The molecule has 2 aliphatic rings. The number of aromatic nitrogens is 1. The summed E-state index contributed by atoms with van der Waals surface area (Å²) in [6.45, 7) is 4.86. The zero-order chi connectivity index (χ0) is 17.9. The van der Waals surface area contributed by atoms with E-state index in [-0.39, 0.29) is 11.9 Å². The van der Waals surface area contributed by atoms with Crippen LogP contribution in [-0.4, -0.2) is 34.7 Å². The summed E-state index contributed by atoms with van der Waals surface area (Å²) in [5, 5.41) is 3.05. The van der Waals surface area contributed by atoms with Crippen LogP contribution in [0.25, 0.3) is 0 Å². The predicted octanol–water partition coefficient (Wildman–Crippen LogP) is 2.86. The first kappa shape index (κ1) is 16.8. The molecule has 1 aromatic carbocycles. The molecule has 5 nitrogen and oxygen atoms in total. The van der Waals surface area contributed by atoms with E-state index in [9.17, 15) is 4.79 Å². The van der Waals surface area contributed by atoms with Crippen molar-refractivity contribution in [2.24, 2.45) is 4.99 Å². The number of hydrogen-bond donors (Lipinski definition) is 1. The second-order valence-electron chi connectivity index (χ2n) is 7.04. The number of fused-ring (bicyclic) bond motifs is 1. The fourth-order valence-electron chi connectivity index (χ4n) is 3.70. The highest BCUT2D eigenvalue weighted by Crippen LogP contribution is 2.23. The first-order valence-corrected chi connectivity index (χ1v) is 9.32. The van der Waals surface area contributed by atoms with Crippen molar-refractivity contribution in [3.05, 3.63) is 65.0 Å². The Labute approximate surface area is 154 Å². The number of amidine groups is 1. The second kappa shape index (κ2) is 7.28. The van der Waals surface area contributed by atoms with Crippen LogP contribution >= 0.6 is 0 Å². The van der Waals surface area contributed by atoms with Crippen molar-refractivity contribution in [3.8, 4) is 0 Å². The third-order valence-electron chi connectivity index (χ3n) is 5.11. The van der Waals surface area contributed by atoms with Gasteiger partial charge in [-0.25, -0.2) is 0 Å². The maximum Gasteiger partial charge on any atom is 0.226 e. The number of hydrogen-bond acceptors (Lipinski definition) is 4. The van der Waals surface area contributed by atoms with E-state index in [0.717, 1.165) is 35.7 Å². The van der Waals surface area contributed by atoms with Crippen LogP contribution in [0.4, 0.5) is 0 Å². The molecule has 26 heavy (non-hydrogen) atoms. The lowest BCUT2D eigenvalue weighted by atomic mass is 10.1. The number of amides is 1. The third-order valence-corrected chi connectivity index (χ3v) is 5.11. The number of carbonyl (C=O) groups is 1. The van der Waals surface area contributed by atoms with Crippen LogP contribution in [0.2, 0.25) is 0 Å². The molecular weight excluding hydrogens is 324 g/mol. The second-order valence-corrected chi connectivity index (χ2v) is 7.04. The summed E-state index contributed by atoms with van der Waals surface area (Å²) < 4.78 is 0. The van der Waals surface area contributed by atoms with Gasteiger partial charge in [-0.1, -0.05) is 30.3 Å². The number of nitrogens with zero attached hydrogens (tertiary/aromatic N) is 3. The molecule has 2 aliphatic heterocycles. The summed E-state index contributed by atoms with van der Waals surface area (Å²) in [5.41, 5.74) is 4.22. The van der Waals surface area contributed by atoms with Gasteiger partial charge < -0.3 is 10.2 Å². The molecule has 1 N–H and O–H groups in total. The van der Waals surface area contributed by atoms with Gasteiger partial charge in [-0.3, -0.25) is 14.8 Å². The van der Waals surface area contributed by atoms with Crippen molar-refractivity contribution < 1.29 is 4.79 Å². The molecule has 0 unspecified atom stereocenters. The molecule has 1 fully saturated rings. The maximum atomic E-state index is 12.4. The monoisotopic (exact) mass is 348 g/mol. The standard InChI is InChI=1S/C21H24N4O/c1-15(16-7-3-2-4-8-16)24-20(26)12-18-11-17-13-23-21(19(17)14-22-18)25-9-5-6-10-25/h2-4,7-8,11,14-15H,5-6,9-10,12-13H2,1H3,(H,24,26)/t15-/m1/s1. The Morgan fingerprint density at radius 1 is 1.23 bits per heavy atom. The summed E-state index contributed by atoms with van der Waals surface area (Å²) in [6.07, 6.45) is 4.66. The lowest BCUT2D eigenvalue weighted by Crippen LogP contribution is -2.29. The molecule has 1 saturated heterocycles. The summed E-state index contributed by atoms with van der Waals surface area (Å²) in [5.74, 6) is 1.08. The highest BCUT2D eigenvalue weighted by molar-refractivity contribution is 6.01. The predicted molar refractivity (Wildman–Crippen MR) is 102 cm³/mol. The molecule has 0 radical (unpaired) electrons. The molecule has 0 spiro atoms. The number of rotatable bonds is 4. The van der Waals surface area contributed by atoms with Crippen LogP contribution in [0, 0.1) is 0 Å². The number of nitrogens with one attached hydrogen (secondary N) is 1. The molecule has 5 heteroatoms. The van der Waals surface area contributed by atoms with Crippen LogP contribution < -0.4 is 5.32 Å². The van der Waals surface area contributed by atoms with E-state index in [0.29, 0.717) is 13.0 Å². The highest BCUT2D eigenvalue weighted by Gasteiger charge is 2.24. The van der Waals surface area contributed by atoms with Gasteiger partial charge >= 0.3 is 0 Å². The molecule has 0 bridgehead atoms. The van der Waals surface area contributed by atoms with Gasteiger partial charge in [0.05, 0.1) is 24.7 Å². The van der Waals surface area contributed by atoms with E-state index < -0.39 is 0 Å². The third kappa shape index (κ3) is 3.47. The SMILES string of the molecule is C[C@@H](NC(=O)Cc1cc2c(cn1)C(N1CCCC1)=NC2)c1ccccc1. The number of carbonyl (C=O) groups excluding carboxylic acids is 1. The molecule has 1 atom stereocenters. The van der Waals surface area contributed by atoms with Crippen molar-refractivity contribution in [1.82, 2.24) is 15.2 Å². The van der Waals surface area contributed by atoms with E-state index in [2.05, 4.69) is 15.2 Å². The quantitative estimate of drug-likeness (QED) is 0.924. The van der Waals surface area contributed by atoms with Crippen LogP contribution in [0.3, 0.4) is 0 Å². The zero-order valence-corrected chi connectivity index (χ0v) is 15.1. The molecule has 2 aromatic rings. The zero-order valence-electron chi connectivity index (χ0n) is 15.1. The van der Waals surface area contributed by atoms with Gasteiger partial charge in [0, 0.05) is 24.8 Å². The fraction of sp³-hybridized carbons (Fsp3) is 0.381. The van der Waals surface area contributed by atoms with E-state index in [1.165, 1.54) is 18.4 Å². The number of aliphatic imine (C=N–C) groups is 1. The van der Waals surface area contributed by atoms with Crippen molar-refractivity contribution in [2.45, 2.75) is 38.8 Å². The Bertz CT molecular complexity index is 825. The van der Waals surface area contributed by atoms with Crippen LogP contribution in [0.15, 0.2) is 47.6 Å². The van der Waals surface area contributed by atoms with Gasteiger partial charge in [0.2, 0.25) is 5.91 Å². The van der Waals surface area contributed by atoms with Crippen molar-refractivity contribution >= 4 is 11.7 Å². The van der Waals surface area contributed by atoms with Crippen LogP contribution in [-0.2, 0) is 17.8 Å². The van der Waals surface area contributed by atoms with Crippen molar-refractivity contribution in [1.29, 1.82) is 0 Å². The fourth-order valence-corrected chi connectivity index (χ4v) is 3.70.